The number of halogens is 3. The molecule has 244 valence electrons. The van der Waals surface area contributed by atoms with Crippen LogP contribution >= 0.6 is 0 Å². The monoisotopic (exact) mass is 643 g/mol. The van der Waals surface area contributed by atoms with Crippen LogP contribution in [-0.4, -0.2) is 57.5 Å². The van der Waals surface area contributed by atoms with E-state index in [-0.39, 0.29) is 18.7 Å². The molecule has 1 aliphatic heterocycles. The van der Waals surface area contributed by atoms with Gasteiger partial charge in [0.05, 0.1) is 30.3 Å². The molecule has 1 aliphatic carbocycles. The molecule has 4 aromatic rings. The number of benzene rings is 2. The fourth-order valence-electron chi connectivity index (χ4n) is 6.19. The summed E-state index contributed by atoms with van der Waals surface area (Å²) in [6.07, 6.45) is 4.42. The molecule has 2 aromatic heterocycles. The third-order valence-electron chi connectivity index (χ3n) is 8.82. The number of nitrogens with zero attached hydrogens (tertiary/aromatic N) is 3. The number of pyridine rings is 1. The summed E-state index contributed by atoms with van der Waals surface area (Å²) < 4.78 is 46.3. The van der Waals surface area contributed by atoms with Crippen LogP contribution in [0.3, 0.4) is 0 Å². The van der Waals surface area contributed by atoms with Crippen LogP contribution in [0.5, 0.6) is 0 Å². The van der Waals surface area contributed by atoms with E-state index in [0.717, 1.165) is 29.1 Å². The second-order valence-electron chi connectivity index (χ2n) is 12.4. The molecule has 3 heterocycles. The molecule has 0 bridgehead atoms. The molecular formula is C36H36F3N5O3. The van der Waals surface area contributed by atoms with Crippen LogP contribution in [-0.2, 0) is 9.59 Å². The van der Waals surface area contributed by atoms with Crippen LogP contribution in [0, 0.1) is 31.4 Å². The summed E-state index contributed by atoms with van der Waals surface area (Å²) >= 11 is 0. The molecule has 1 saturated carbocycles. The minimum absolute atomic E-state index is 0.0194. The van der Waals surface area contributed by atoms with Crippen molar-refractivity contribution in [3.8, 4) is 5.69 Å². The number of hydrogen-bond acceptors (Lipinski definition) is 4. The fourth-order valence-corrected chi connectivity index (χ4v) is 6.19. The summed E-state index contributed by atoms with van der Waals surface area (Å²) in [5.41, 5.74) is 3.43. The molecule has 6 rings (SSSR count). The quantitative estimate of drug-likeness (QED) is 0.238. The van der Waals surface area contributed by atoms with Gasteiger partial charge in [-0.05, 0) is 87.6 Å². The van der Waals surface area contributed by atoms with Crippen molar-refractivity contribution in [1.29, 1.82) is 0 Å². The average molecular weight is 644 g/mol. The Morgan fingerprint density at radius 1 is 1.02 bits per heavy atom. The molecule has 3 amide bonds. The van der Waals surface area contributed by atoms with Gasteiger partial charge >= 0.3 is 0 Å². The first-order valence-corrected chi connectivity index (χ1v) is 15.7. The van der Waals surface area contributed by atoms with Crippen LogP contribution in [0.2, 0.25) is 0 Å². The van der Waals surface area contributed by atoms with Crippen molar-refractivity contribution in [3.05, 3.63) is 101 Å². The first kappa shape index (κ1) is 32.0. The van der Waals surface area contributed by atoms with E-state index < -0.39 is 54.2 Å². The van der Waals surface area contributed by atoms with E-state index in [1.54, 1.807) is 19.1 Å². The molecule has 2 fully saturated rings. The van der Waals surface area contributed by atoms with Gasteiger partial charge in [0, 0.05) is 28.8 Å². The van der Waals surface area contributed by atoms with E-state index in [1.165, 1.54) is 24.3 Å². The summed E-state index contributed by atoms with van der Waals surface area (Å²) in [5, 5.41) is 5.83. The zero-order chi connectivity index (χ0) is 33.4. The van der Waals surface area contributed by atoms with E-state index in [9.17, 15) is 23.2 Å². The van der Waals surface area contributed by atoms with Gasteiger partial charge in [0.15, 0.2) is 5.82 Å². The van der Waals surface area contributed by atoms with Gasteiger partial charge in [0.25, 0.3) is 5.91 Å². The molecule has 1 saturated heterocycles. The summed E-state index contributed by atoms with van der Waals surface area (Å²) in [6.45, 7) is 4.65. The lowest BCUT2D eigenvalue weighted by molar-refractivity contribution is -0.138. The fraction of sp³-hybridized carbons (Fsp3) is 0.333. The number of likely N-dealkylation sites (tertiary alicyclic amines) is 1. The van der Waals surface area contributed by atoms with E-state index >= 15 is 4.39 Å². The second kappa shape index (κ2) is 13.1. The minimum Gasteiger partial charge on any atom is -0.348 e. The normalized spacial score (nSPS) is 18.6. The number of alkyl halides is 1. The molecule has 2 aromatic carbocycles. The Hall–Kier alpha value is -4.93. The summed E-state index contributed by atoms with van der Waals surface area (Å²) in [4.78, 5) is 44.8. The summed E-state index contributed by atoms with van der Waals surface area (Å²) in [5.74, 6) is -2.36. The molecular weight excluding hydrogens is 607 g/mol. The van der Waals surface area contributed by atoms with Gasteiger partial charge in [-0.25, -0.2) is 18.2 Å². The molecule has 0 unspecified atom stereocenters. The molecule has 0 spiro atoms. The predicted octanol–water partition coefficient (Wildman–Crippen LogP) is 5.89. The van der Waals surface area contributed by atoms with E-state index in [1.807, 2.05) is 48.8 Å². The van der Waals surface area contributed by atoms with Crippen molar-refractivity contribution in [2.75, 3.05) is 13.1 Å². The second-order valence-corrected chi connectivity index (χ2v) is 12.4. The highest BCUT2D eigenvalue weighted by atomic mass is 19.1. The van der Waals surface area contributed by atoms with Crippen LogP contribution < -0.4 is 10.6 Å². The Balaban J connectivity index is 1.17. The van der Waals surface area contributed by atoms with Gasteiger partial charge in [0.2, 0.25) is 11.8 Å². The lowest BCUT2D eigenvalue weighted by Crippen LogP contribution is -2.49. The van der Waals surface area contributed by atoms with Crippen molar-refractivity contribution in [3.63, 3.8) is 0 Å². The minimum atomic E-state index is -1.44. The van der Waals surface area contributed by atoms with Crippen molar-refractivity contribution in [2.45, 2.75) is 58.3 Å². The number of allylic oxidation sites excluding steroid dienone is 1. The van der Waals surface area contributed by atoms with Gasteiger partial charge < -0.3 is 20.1 Å². The number of fused-ring (bicyclic) bond motifs is 1. The van der Waals surface area contributed by atoms with Crippen molar-refractivity contribution in [2.24, 2.45) is 5.92 Å². The average Bonchev–Trinajstić information content (AvgIpc) is 3.71. The number of nitrogens with one attached hydrogen (secondary N) is 2. The maximum atomic E-state index is 16.4. The zero-order valence-corrected chi connectivity index (χ0v) is 26.4. The topological polar surface area (TPSA) is 96.3 Å². The Morgan fingerprint density at radius 3 is 2.49 bits per heavy atom. The van der Waals surface area contributed by atoms with Gasteiger partial charge in [-0.2, -0.15) is 0 Å². The zero-order valence-electron chi connectivity index (χ0n) is 26.4. The number of aromatic nitrogens is 2. The Bertz CT molecular complexity index is 1880. The van der Waals surface area contributed by atoms with Crippen molar-refractivity contribution in [1.82, 2.24) is 25.1 Å². The van der Waals surface area contributed by atoms with Gasteiger partial charge in [-0.3, -0.25) is 14.4 Å². The van der Waals surface area contributed by atoms with Crippen LogP contribution in [0.1, 0.15) is 65.2 Å². The molecule has 8 nitrogen and oxygen atoms in total. The molecule has 3 atom stereocenters. The number of hydrogen-bond donors (Lipinski definition) is 2. The van der Waals surface area contributed by atoms with Crippen molar-refractivity contribution >= 4 is 34.7 Å². The Morgan fingerprint density at radius 2 is 1.77 bits per heavy atom. The van der Waals surface area contributed by atoms with E-state index in [2.05, 4.69) is 15.6 Å². The molecule has 0 radical (unpaired) electrons. The molecule has 2 aliphatic rings. The summed E-state index contributed by atoms with van der Waals surface area (Å²) in [6, 6.07) is 12.4. The summed E-state index contributed by atoms with van der Waals surface area (Å²) in [7, 11) is 0. The van der Waals surface area contributed by atoms with Crippen LogP contribution in [0.15, 0.2) is 60.7 Å². The largest absolute Gasteiger partial charge is 0.348 e. The van der Waals surface area contributed by atoms with E-state index in [4.69, 9.17) is 0 Å². The first-order chi connectivity index (χ1) is 22.5. The van der Waals surface area contributed by atoms with Crippen LogP contribution in [0.25, 0.3) is 22.7 Å². The lowest BCUT2D eigenvalue weighted by Gasteiger charge is -2.26. The van der Waals surface area contributed by atoms with E-state index in [0.29, 0.717) is 33.6 Å². The lowest BCUT2D eigenvalue weighted by atomic mass is 9.98. The molecule has 47 heavy (non-hydrogen) atoms. The Kier molecular flexibility index (Phi) is 8.90. The number of carbonyl (C=O) groups excluding carboxylic acids is 3. The maximum absolute atomic E-state index is 16.4. The third-order valence-corrected chi connectivity index (χ3v) is 8.82. The highest BCUT2D eigenvalue weighted by Crippen LogP contribution is 2.34. The predicted molar refractivity (Wildman–Crippen MR) is 173 cm³/mol. The highest BCUT2D eigenvalue weighted by Gasteiger charge is 2.40. The molecule has 11 heteroatoms. The van der Waals surface area contributed by atoms with Gasteiger partial charge in [-0.15, -0.1) is 0 Å². The highest BCUT2D eigenvalue weighted by molar-refractivity contribution is 5.97. The van der Waals surface area contributed by atoms with Crippen molar-refractivity contribution < 1.29 is 27.6 Å². The number of amides is 3. The Labute approximate surface area is 270 Å². The standard InChI is InChI=1S/C36H36F3N5O3/c1-20-4-5-21(2)44(20)30-15-11-24(9-8-23-6-7-23)33(34(30)39)22(3)41-36(47)31-17-27(38)19-43(31)32(45)18-40-35(46)29-13-10-25-16-26(37)12-14-28(25)42-29/h4-5,8-16,22-23,27,31H,6-7,17-19H2,1-3H3,(H,40,46)(H,41,47)/b9-8+/t22-,27+,31-/m0/s1. The number of aryl methyl sites for hydroxylation is 2. The van der Waals surface area contributed by atoms with Crippen LogP contribution in [0.4, 0.5) is 13.2 Å². The smallest absolute Gasteiger partial charge is 0.270 e. The maximum Gasteiger partial charge on any atom is 0.270 e. The molecule has 2 N–H and O–H groups in total. The number of carbonyl (C=O) groups is 3. The number of rotatable bonds is 9. The first-order valence-electron chi connectivity index (χ1n) is 15.7. The van der Waals surface area contributed by atoms with Gasteiger partial charge in [-0.1, -0.05) is 24.3 Å². The SMILES string of the molecule is Cc1ccc(C)n1-c1ccc(/C=C/C2CC2)c([C@H](C)NC(=O)[C@@H]2C[C@@H](F)CN2C(=O)CNC(=O)c2ccc3cc(F)ccc3n2)c1F. The van der Waals surface area contributed by atoms with Gasteiger partial charge in [0.1, 0.15) is 23.7 Å². The third kappa shape index (κ3) is 6.79.